The molecule has 2 nitrogen and oxygen atoms in total. The van der Waals surface area contributed by atoms with Crippen molar-refractivity contribution in [2.45, 2.75) is 39.8 Å². The van der Waals surface area contributed by atoms with Crippen molar-refractivity contribution in [3.63, 3.8) is 0 Å². The molecule has 1 radical (unpaired) electrons. The molecule has 0 aliphatic carbocycles. The van der Waals surface area contributed by atoms with Crippen molar-refractivity contribution in [3.8, 4) is 0 Å². The van der Waals surface area contributed by atoms with Crippen molar-refractivity contribution in [2.24, 2.45) is 0 Å². The molecule has 10 heavy (non-hydrogen) atoms. The van der Waals surface area contributed by atoms with Gasteiger partial charge in [0, 0.05) is 12.1 Å². The van der Waals surface area contributed by atoms with Gasteiger partial charge in [0.15, 0.2) is 0 Å². The summed E-state index contributed by atoms with van der Waals surface area (Å²) >= 11 is 5.47. The smallest absolute Gasteiger partial charge is 0.240 e. The SMILES string of the molecule is CC(C)N(C(C)C)P([O])Cl. The highest BCUT2D eigenvalue weighted by atomic mass is 35.7. The van der Waals surface area contributed by atoms with Gasteiger partial charge in [-0.2, -0.15) is 4.89 Å². The molecule has 0 N–H and O–H groups in total. The van der Waals surface area contributed by atoms with Gasteiger partial charge in [0.05, 0.1) is 0 Å². The molecule has 1 unspecified atom stereocenters. The second-order valence-electron chi connectivity index (χ2n) is 2.79. The van der Waals surface area contributed by atoms with Gasteiger partial charge in [0.2, 0.25) is 7.65 Å². The van der Waals surface area contributed by atoms with E-state index in [1.165, 1.54) is 0 Å². The molecule has 0 heterocycles. The monoisotopic (exact) mass is 182 g/mol. The molecule has 61 valence electrons. The van der Waals surface area contributed by atoms with Crippen molar-refractivity contribution >= 4 is 18.9 Å². The van der Waals surface area contributed by atoms with Crippen LogP contribution >= 0.6 is 18.9 Å². The maximum absolute atomic E-state index is 10.9. The summed E-state index contributed by atoms with van der Waals surface area (Å²) in [7, 11) is -1.69. The van der Waals surface area contributed by atoms with E-state index in [0.29, 0.717) is 0 Å². The van der Waals surface area contributed by atoms with Crippen molar-refractivity contribution in [2.75, 3.05) is 0 Å². The Hall–Kier alpha value is 0.640. The Morgan fingerprint density at radius 3 is 1.50 bits per heavy atom. The topological polar surface area (TPSA) is 23.1 Å². The van der Waals surface area contributed by atoms with Gasteiger partial charge in [-0.25, -0.2) is 4.67 Å². The molecular formula is C6H14ClNOP. The Balaban J connectivity index is 3.98. The van der Waals surface area contributed by atoms with Crippen LogP contribution in [0.3, 0.4) is 0 Å². The highest BCUT2D eigenvalue weighted by Crippen LogP contribution is 2.44. The minimum atomic E-state index is -1.69. The van der Waals surface area contributed by atoms with Crippen molar-refractivity contribution < 1.29 is 4.89 Å². The Morgan fingerprint density at radius 2 is 1.50 bits per heavy atom. The molecule has 0 aromatic carbocycles. The quantitative estimate of drug-likeness (QED) is 0.616. The second kappa shape index (κ2) is 4.50. The highest BCUT2D eigenvalue weighted by Gasteiger charge is 2.21. The lowest BCUT2D eigenvalue weighted by Crippen LogP contribution is -2.30. The van der Waals surface area contributed by atoms with Crippen LogP contribution in [0.15, 0.2) is 0 Å². The van der Waals surface area contributed by atoms with Crippen LogP contribution in [-0.2, 0) is 4.89 Å². The van der Waals surface area contributed by atoms with E-state index in [1.807, 2.05) is 27.7 Å². The van der Waals surface area contributed by atoms with Crippen LogP contribution in [0.2, 0.25) is 0 Å². The Labute approximate surface area is 68.9 Å². The lowest BCUT2D eigenvalue weighted by atomic mass is 10.3. The van der Waals surface area contributed by atoms with E-state index in [-0.39, 0.29) is 12.1 Å². The number of nitrogens with zero attached hydrogens (tertiary/aromatic N) is 1. The molecule has 0 aliphatic rings. The molecule has 1 atom stereocenters. The summed E-state index contributed by atoms with van der Waals surface area (Å²) in [5.74, 6) is 0. The fraction of sp³-hybridized carbons (Fsp3) is 1.00. The van der Waals surface area contributed by atoms with Crippen molar-refractivity contribution in [1.29, 1.82) is 0 Å². The van der Waals surface area contributed by atoms with E-state index in [4.69, 9.17) is 11.2 Å². The van der Waals surface area contributed by atoms with Gasteiger partial charge in [-0.15, -0.1) is 0 Å². The predicted molar refractivity (Wildman–Crippen MR) is 45.6 cm³/mol. The molecule has 0 rings (SSSR count). The Kier molecular flexibility index (Phi) is 4.79. The number of halogens is 1. The van der Waals surface area contributed by atoms with E-state index >= 15 is 0 Å². The second-order valence-corrected chi connectivity index (χ2v) is 4.58. The Morgan fingerprint density at radius 1 is 1.20 bits per heavy atom. The summed E-state index contributed by atoms with van der Waals surface area (Å²) < 4.78 is 1.77. The van der Waals surface area contributed by atoms with E-state index in [9.17, 15) is 4.89 Å². The molecule has 0 bridgehead atoms. The largest absolute Gasteiger partial charge is 0.244 e. The zero-order valence-corrected chi connectivity index (χ0v) is 8.49. The van der Waals surface area contributed by atoms with Gasteiger partial charge in [-0.05, 0) is 38.9 Å². The van der Waals surface area contributed by atoms with Gasteiger partial charge in [0.1, 0.15) is 0 Å². The maximum Gasteiger partial charge on any atom is 0.244 e. The molecule has 0 saturated heterocycles. The standard InChI is InChI=1S/C6H14ClNOP/c1-5(2)8(6(3)4)10(7)9/h5-6H,1-4H3. The van der Waals surface area contributed by atoms with Crippen LogP contribution in [0.1, 0.15) is 27.7 Å². The van der Waals surface area contributed by atoms with Gasteiger partial charge >= 0.3 is 0 Å². The maximum atomic E-state index is 10.9. The zero-order chi connectivity index (χ0) is 8.31. The van der Waals surface area contributed by atoms with Crippen LogP contribution in [0.4, 0.5) is 0 Å². The molecule has 0 aliphatic heterocycles. The summed E-state index contributed by atoms with van der Waals surface area (Å²) in [4.78, 5) is 10.9. The molecule has 0 amide bonds. The third-order valence-corrected chi connectivity index (χ3v) is 3.05. The van der Waals surface area contributed by atoms with Crippen molar-refractivity contribution in [3.05, 3.63) is 0 Å². The molecule has 0 aromatic heterocycles. The van der Waals surface area contributed by atoms with Crippen molar-refractivity contribution in [1.82, 2.24) is 4.67 Å². The van der Waals surface area contributed by atoms with Gasteiger partial charge in [0.25, 0.3) is 0 Å². The molecule has 0 saturated carbocycles. The normalized spacial score (nSPS) is 15.3. The number of rotatable bonds is 3. The predicted octanol–water partition coefficient (Wildman–Crippen LogP) is 3.00. The summed E-state index contributed by atoms with van der Waals surface area (Å²) in [6.07, 6.45) is 0. The average molecular weight is 183 g/mol. The lowest BCUT2D eigenvalue weighted by molar-refractivity contribution is 0.289. The van der Waals surface area contributed by atoms with Crippen LogP contribution in [0.5, 0.6) is 0 Å². The van der Waals surface area contributed by atoms with E-state index in [1.54, 1.807) is 4.67 Å². The summed E-state index contributed by atoms with van der Waals surface area (Å²) in [5.41, 5.74) is 0. The fourth-order valence-corrected chi connectivity index (χ4v) is 2.73. The average Bonchev–Trinajstić information content (AvgIpc) is 1.59. The molecule has 0 aromatic rings. The first-order valence-electron chi connectivity index (χ1n) is 3.38. The van der Waals surface area contributed by atoms with Crippen LogP contribution < -0.4 is 0 Å². The summed E-state index contributed by atoms with van der Waals surface area (Å²) in [6.45, 7) is 7.93. The van der Waals surface area contributed by atoms with E-state index < -0.39 is 7.65 Å². The fourth-order valence-electron chi connectivity index (χ4n) is 0.959. The minimum Gasteiger partial charge on any atom is -0.240 e. The molecule has 0 spiro atoms. The summed E-state index contributed by atoms with van der Waals surface area (Å²) in [5, 5.41) is 0. The third-order valence-electron chi connectivity index (χ3n) is 1.24. The minimum absolute atomic E-state index is 0.251. The third kappa shape index (κ3) is 3.16. The summed E-state index contributed by atoms with van der Waals surface area (Å²) in [6, 6.07) is 0.502. The van der Waals surface area contributed by atoms with Gasteiger partial charge in [-0.1, -0.05) is 0 Å². The van der Waals surface area contributed by atoms with E-state index in [0.717, 1.165) is 0 Å². The zero-order valence-electron chi connectivity index (χ0n) is 6.84. The van der Waals surface area contributed by atoms with Crippen LogP contribution in [0.25, 0.3) is 0 Å². The number of hydrogen-bond donors (Lipinski definition) is 0. The van der Waals surface area contributed by atoms with Gasteiger partial charge < -0.3 is 0 Å². The van der Waals surface area contributed by atoms with Gasteiger partial charge in [-0.3, -0.25) is 0 Å². The highest BCUT2D eigenvalue weighted by molar-refractivity contribution is 7.77. The first kappa shape index (κ1) is 10.6. The lowest BCUT2D eigenvalue weighted by Gasteiger charge is -2.28. The molecular weight excluding hydrogens is 168 g/mol. The number of hydrogen-bond acceptors (Lipinski definition) is 1. The molecule has 4 heteroatoms. The first-order chi connectivity index (χ1) is 4.46. The van der Waals surface area contributed by atoms with E-state index in [2.05, 4.69) is 0 Å². The van der Waals surface area contributed by atoms with Crippen LogP contribution in [0, 0.1) is 0 Å². The Bertz CT molecular complexity index is 78.7. The van der Waals surface area contributed by atoms with Crippen LogP contribution in [-0.4, -0.2) is 16.8 Å². The molecule has 0 fully saturated rings. The first-order valence-corrected chi connectivity index (χ1v) is 5.49.